The number of carbonyl (C=O) groups excluding carboxylic acids is 2. The highest BCUT2D eigenvalue weighted by molar-refractivity contribution is 7.95. The molecule has 0 saturated carbocycles. The molecular weight excluding hydrogens is 463 g/mol. The maximum absolute atomic E-state index is 14.9. The lowest BCUT2D eigenvalue weighted by molar-refractivity contribution is 0.103. The van der Waals surface area contributed by atoms with E-state index in [4.69, 9.17) is 0 Å². The van der Waals surface area contributed by atoms with Crippen LogP contribution in [0.5, 0.6) is 0 Å². The van der Waals surface area contributed by atoms with Gasteiger partial charge in [-0.25, -0.2) is 0 Å². The Balaban J connectivity index is 2.76. The lowest BCUT2D eigenvalue weighted by Crippen LogP contribution is -2.19. The van der Waals surface area contributed by atoms with Gasteiger partial charge in [0.15, 0.2) is 0 Å². The third-order valence-electron chi connectivity index (χ3n) is 7.47. The van der Waals surface area contributed by atoms with Crippen molar-refractivity contribution in [3.8, 4) is 0 Å². The zero-order valence-electron chi connectivity index (χ0n) is 23.8. The van der Waals surface area contributed by atoms with Crippen LogP contribution in [0.2, 0.25) is 0 Å². The van der Waals surface area contributed by atoms with Crippen LogP contribution in [0.4, 0.5) is 0 Å². The summed E-state index contributed by atoms with van der Waals surface area (Å²) in [6.07, 6.45) is 8.21. The molecule has 0 saturated heterocycles. The van der Waals surface area contributed by atoms with Gasteiger partial charge in [-0.1, -0.05) is 92.0 Å². The van der Waals surface area contributed by atoms with Crippen molar-refractivity contribution in [3.63, 3.8) is 0 Å². The summed E-state index contributed by atoms with van der Waals surface area (Å²) >= 11 is 0. The van der Waals surface area contributed by atoms with Crippen molar-refractivity contribution in [2.24, 2.45) is 0 Å². The van der Waals surface area contributed by atoms with E-state index in [1.54, 1.807) is 0 Å². The van der Waals surface area contributed by atoms with E-state index in [1.165, 1.54) is 11.1 Å². The van der Waals surface area contributed by atoms with Crippen LogP contribution in [0.1, 0.15) is 128 Å². The monoisotopic (exact) mass is 510 g/mol. The van der Waals surface area contributed by atoms with Gasteiger partial charge in [0.1, 0.15) is 0 Å². The first-order valence-corrected chi connectivity index (χ1v) is 16.1. The van der Waals surface area contributed by atoms with Crippen LogP contribution < -0.4 is 0 Å². The Hall–Kier alpha value is -1.99. The second kappa shape index (κ2) is 14.1. The Kier molecular flexibility index (Phi) is 11.8. The molecular formula is C32H47O3P. The Morgan fingerprint density at radius 3 is 1.19 bits per heavy atom. The van der Waals surface area contributed by atoms with Gasteiger partial charge < -0.3 is 4.57 Å². The van der Waals surface area contributed by atoms with Crippen molar-refractivity contribution >= 4 is 18.2 Å². The van der Waals surface area contributed by atoms with E-state index < -0.39 is 18.2 Å². The third-order valence-corrected chi connectivity index (χ3v) is 10.2. The van der Waals surface area contributed by atoms with Crippen LogP contribution in [0.25, 0.3) is 0 Å². The lowest BCUT2D eigenvalue weighted by atomic mass is 9.94. The highest BCUT2D eigenvalue weighted by Crippen LogP contribution is 2.54. The van der Waals surface area contributed by atoms with E-state index in [0.717, 1.165) is 54.4 Å². The molecule has 2 aromatic carbocycles. The third kappa shape index (κ3) is 6.46. The van der Waals surface area contributed by atoms with Crippen LogP contribution in [-0.4, -0.2) is 17.2 Å². The molecule has 0 unspecified atom stereocenters. The fraction of sp³-hybridized carbons (Fsp3) is 0.562. The largest absolute Gasteiger partial charge is 0.307 e. The molecule has 0 aromatic heterocycles. The predicted octanol–water partition coefficient (Wildman–Crippen LogP) is 8.99. The minimum atomic E-state index is -3.87. The second-order valence-corrected chi connectivity index (χ2v) is 12.6. The zero-order valence-corrected chi connectivity index (χ0v) is 24.7. The number of hydrogen-bond donors (Lipinski definition) is 0. The van der Waals surface area contributed by atoms with E-state index in [-0.39, 0.29) is 6.16 Å². The molecule has 2 rings (SSSR count). The van der Waals surface area contributed by atoms with E-state index in [1.807, 2.05) is 27.7 Å². The summed E-state index contributed by atoms with van der Waals surface area (Å²) in [5.41, 5.74) is 6.32. The van der Waals surface area contributed by atoms with Gasteiger partial charge in [0.2, 0.25) is 18.2 Å². The van der Waals surface area contributed by atoms with Crippen molar-refractivity contribution < 1.29 is 14.2 Å². The van der Waals surface area contributed by atoms with Crippen LogP contribution in [0.3, 0.4) is 0 Å². The molecule has 0 radical (unpaired) electrons. The number of aryl methyl sites for hydroxylation is 6. The first-order valence-electron chi connectivity index (χ1n) is 14.2. The summed E-state index contributed by atoms with van der Waals surface area (Å²) in [6, 6.07) is 8.29. The Morgan fingerprint density at radius 1 is 0.556 bits per heavy atom. The molecule has 0 aliphatic rings. The van der Waals surface area contributed by atoms with E-state index in [0.29, 0.717) is 43.2 Å². The molecule has 3 nitrogen and oxygen atoms in total. The molecule has 0 N–H and O–H groups in total. The Morgan fingerprint density at radius 2 is 0.917 bits per heavy atom. The molecule has 0 aliphatic heterocycles. The second-order valence-electron chi connectivity index (χ2n) is 9.83. The normalized spacial score (nSPS) is 11.6. The molecule has 0 atom stereocenters. The van der Waals surface area contributed by atoms with Crippen molar-refractivity contribution in [1.29, 1.82) is 0 Å². The predicted molar refractivity (Wildman–Crippen MR) is 154 cm³/mol. The van der Waals surface area contributed by atoms with Gasteiger partial charge in [-0.3, -0.25) is 9.59 Å². The number of unbranched alkanes of at least 4 members (excludes halogenated alkanes) is 3. The number of rotatable bonds is 15. The van der Waals surface area contributed by atoms with Crippen LogP contribution >= 0.6 is 7.14 Å². The first kappa shape index (κ1) is 30.2. The maximum atomic E-state index is 14.9. The molecule has 36 heavy (non-hydrogen) atoms. The summed E-state index contributed by atoms with van der Waals surface area (Å²) in [5, 5.41) is 0. The van der Waals surface area contributed by atoms with Crippen molar-refractivity contribution in [2.45, 2.75) is 113 Å². The fourth-order valence-electron chi connectivity index (χ4n) is 5.17. The van der Waals surface area contributed by atoms with Crippen molar-refractivity contribution in [3.05, 3.63) is 68.8 Å². The van der Waals surface area contributed by atoms with Gasteiger partial charge in [0, 0.05) is 17.3 Å². The van der Waals surface area contributed by atoms with Gasteiger partial charge in [-0.05, 0) is 78.3 Å². The molecule has 0 spiro atoms. The van der Waals surface area contributed by atoms with Crippen LogP contribution in [-0.2, 0) is 43.1 Å². The minimum absolute atomic E-state index is 0.161. The summed E-state index contributed by atoms with van der Waals surface area (Å²) in [7, 11) is -3.87. The van der Waals surface area contributed by atoms with Gasteiger partial charge in [-0.15, -0.1) is 0 Å². The molecule has 198 valence electrons. The Labute approximate surface area is 219 Å². The van der Waals surface area contributed by atoms with Crippen LogP contribution in [0.15, 0.2) is 24.3 Å². The van der Waals surface area contributed by atoms with E-state index in [2.05, 4.69) is 45.0 Å². The molecule has 0 heterocycles. The minimum Gasteiger partial charge on any atom is -0.307 e. The number of hydrogen-bond acceptors (Lipinski definition) is 3. The first-order chi connectivity index (χ1) is 17.3. The van der Waals surface area contributed by atoms with Crippen molar-refractivity contribution in [2.75, 3.05) is 6.16 Å². The fourth-order valence-corrected chi connectivity index (χ4v) is 7.73. The molecule has 2 aromatic rings. The summed E-state index contributed by atoms with van der Waals surface area (Å²) in [5.74, 6) is 0. The summed E-state index contributed by atoms with van der Waals surface area (Å²) in [6.45, 7) is 14.5. The Bertz CT molecular complexity index is 983. The van der Waals surface area contributed by atoms with Gasteiger partial charge >= 0.3 is 0 Å². The lowest BCUT2D eigenvalue weighted by Gasteiger charge is -2.23. The maximum Gasteiger partial charge on any atom is 0.229 e. The summed E-state index contributed by atoms with van der Waals surface area (Å²) < 4.78 is 14.9. The molecule has 0 bridgehead atoms. The van der Waals surface area contributed by atoms with Gasteiger partial charge in [0.05, 0.1) is 0 Å². The standard InChI is InChI=1S/C32H47O3P/c1-8-15-16-17-18-36(35,31(33)29-25(11-4)19-23(9-2)20-26(29)12-5)32(34)30-27(13-6)21-24(10-3)22-28(30)14-7/h19-22H,8-18H2,1-7H3. The van der Waals surface area contributed by atoms with Crippen molar-refractivity contribution in [1.82, 2.24) is 0 Å². The smallest absolute Gasteiger partial charge is 0.229 e. The zero-order chi connectivity index (χ0) is 26.9. The van der Waals surface area contributed by atoms with Gasteiger partial charge in [0.25, 0.3) is 0 Å². The SMILES string of the molecule is CCCCCCP(=O)(C(=O)c1c(CC)cc(CC)cc1CC)C(=O)c1c(CC)cc(CC)cc1CC. The van der Waals surface area contributed by atoms with E-state index >= 15 is 0 Å². The summed E-state index contributed by atoms with van der Waals surface area (Å²) in [4.78, 5) is 28.7. The quantitative estimate of drug-likeness (QED) is 0.177. The van der Waals surface area contributed by atoms with Gasteiger partial charge in [-0.2, -0.15) is 0 Å². The average Bonchev–Trinajstić information content (AvgIpc) is 2.92. The molecule has 4 heteroatoms. The highest BCUT2D eigenvalue weighted by atomic mass is 31.2. The molecule has 0 amide bonds. The average molecular weight is 511 g/mol. The highest BCUT2D eigenvalue weighted by Gasteiger charge is 2.43. The topological polar surface area (TPSA) is 51.2 Å². The molecule has 0 fully saturated rings. The number of carbonyl (C=O) groups is 2. The van der Waals surface area contributed by atoms with E-state index in [9.17, 15) is 14.2 Å². The number of benzene rings is 2. The van der Waals surface area contributed by atoms with Crippen LogP contribution in [0, 0.1) is 0 Å². The molecule has 0 aliphatic carbocycles.